The predicted octanol–water partition coefficient (Wildman–Crippen LogP) is 4.28. The van der Waals surface area contributed by atoms with Gasteiger partial charge < -0.3 is 37.2 Å². The minimum atomic E-state index is -0.597. The largest absolute Gasteiger partial charge is 0.507 e. The number of aromatic nitrogens is 2. The first-order valence-corrected chi connectivity index (χ1v) is 16.2. The summed E-state index contributed by atoms with van der Waals surface area (Å²) in [6, 6.07) is 7.63. The number of hydrogen-bond donors (Lipinski definition) is 5. The average molecular weight is 616 g/mol. The van der Waals surface area contributed by atoms with E-state index in [2.05, 4.69) is 38.8 Å². The van der Waals surface area contributed by atoms with Crippen LogP contribution in [0.25, 0.3) is 5.70 Å². The molecule has 0 bridgehead atoms. The minimum absolute atomic E-state index is 0.0665. The summed E-state index contributed by atoms with van der Waals surface area (Å²) in [4.78, 5) is 24.3. The van der Waals surface area contributed by atoms with Gasteiger partial charge in [-0.1, -0.05) is 31.2 Å². The second kappa shape index (κ2) is 13.9. The molecule has 1 atom stereocenters. The molecule has 2 aromatic rings. The maximum absolute atomic E-state index is 11.0. The van der Waals surface area contributed by atoms with Crippen molar-refractivity contribution in [1.82, 2.24) is 19.8 Å². The molecular weight excluding hydrogens is 566 g/mol. The van der Waals surface area contributed by atoms with Gasteiger partial charge in [-0.15, -0.1) is 0 Å². The SMILES string of the molecule is CC1CC=CCN(C(/C=C(\N)c2ccccc2O)=C(N)N)C1.Cc1ncc(C2CCN(C3CC4(CC(C(=O)O)C4)C3)CC2)cn1. The summed E-state index contributed by atoms with van der Waals surface area (Å²) in [6.45, 7) is 8.01. The second-order valence-corrected chi connectivity index (χ2v) is 13.6. The van der Waals surface area contributed by atoms with Crippen LogP contribution in [-0.2, 0) is 4.79 Å². The van der Waals surface area contributed by atoms with Crippen molar-refractivity contribution in [3.8, 4) is 5.75 Å². The highest BCUT2D eigenvalue weighted by molar-refractivity contribution is 5.71. The fourth-order valence-corrected chi connectivity index (χ4v) is 7.46. The number of nitrogens with zero attached hydrogens (tertiary/aromatic N) is 4. The summed E-state index contributed by atoms with van der Waals surface area (Å²) in [5, 5.41) is 18.9. The summed E-state index contributed by atoms with van der Waals surface area (Å²) in [5.41, 5.74) is 21.2. The first-order valence-electron chi connectivity index (χ1n) is 16.2. The molecule has 6 rings (SSSR count). The number of phenolic OH excluding ortho intramolecular Hbond substituents is 1. The maximum atomic E-state index is 11.0. The summed E-state index contributed by atoms with van der Waals surface area (Å²) in [7, 11) is 0. The molecule has 2 aliphatic carbocycles. The predicted molar refractivity (Wildman–Crippen MR) is 176 cm³/mol. The zero-order chi connectivity index (χ0) is 32.1. The average Bonchev–Trinajstić information content (AvgIpc) is 3.19. The number of aliphatic carboxylic acids is 1. The lowest BCUT2D eigenvalue weighted by molar-refractivity contribution is -0.160. The number of nitrogens with two attached hydrogens (primary N) is 3. The first kappa shape index (κ1) is 32.3. The van der Waals surface area contributed by atoms with Gasteiger partial charge in [-0.05, 0) is 106 Å². The molecule has 10 heteroatoms. The van der Waals surface area contributed by atoms with Crippen LogP contribution in [0.3, 0.4) is 0 Å². The molecular formula is C35H49N7O3. The highest BCUT2D eigenvalue weighted by Crippen LogP contribution is 2.60. The lowest BCUT2D eigenvalue weighted by Crippen LogP contribution is -2.58. The van der Waals surface area contributed by atoms with Crippen LogP contribution in [0.15, 0.2) is 66.4 Å². The van der Waals surface area contributed by atoms with Crippen molar-refractivity contribution in [2.45, 2.75) is 70.8 Å². The van der Waals surface area contributed by atoms with E-state index in [4.69, 9.17) is 22.3 Å². The van der Waals surface area contributed by atoms with Crippen molar-refractivity contribution in [2.75, 3.05) is 26.2 Å². The van der Waals surface area contributed by atoms with Crippen LogP contribution in [0, 0.1) is 24.2 Å². The Hall–Kier alpha value is -4.05. The fourth-order valence-electron chi connectivity index (χ4n) is 7.46. The summed E-state index contributed by atoms with van der Waals surface area (Å²) < 4.78 is 0. The van der Waals surface area contributed by atoms with Crippen LogP contribution in [0.1, 0.15) is 74.7 Å². The van der Waals surface area contributed by atoms with Crippen molar-refractivity contribution in [1.29, 1.82) is 0 Å². The number of carbonyl (C=O) groups is 1. The Balaban J connectivity index is 0.000000178. The number of hydrogen-bond acceptors (Lipinski definition) is 9. The number of likely N-dealkylation sites (tertiary alicyclic amines) is 1. The summed E-state index contributed by atoms with van der Waals surface area (Å²) >= 11 is 0. The second-order valence-electron chi connectivity index (χ2n) is 13.6. The number of piperidine rings is 1. The Morgan fingerprint density at radius 3 is 2.31 bits per heavy atom. The zero-order valence-corrected chi connectivity index (χ0v) is 26.6. The van der Waals surface area contributed by atoms with E-state index < -0.39 is 5.97 Å². The Labute approximate surface area is 266 Å². The zero-order valence-electron chi connectivity index (χ0n) is 26.6. The summed E-state index contributed by atoms with van der Waals surface area (Å²) in [6.07, 6.45) is 17.7. The van der Waals surface area contributed by atoms with Crippen molar-refractivity contribution in [2.24, 2.45) is 34.5 Å². The first-order chi connectivity index (χ1) is 21.5. The molecule has 4 aliphatic rings. The molecule has 242 valence electrons. The Morgan fingerprint density at radius 1 is 1.02 bits per heavy atom. The van der Waals surface area contributed by atoms with E-state index in [1.165, 1.54) is 31.2 Å². The standard InChI is InChI=1S/C18H25N3O2.C17H24N4O/c1-12-19-10-15(11-20-12)13-2-4-21(5-3-13)16-8-18(9-16)6-14(7-18)17(22)23;1-12-6-4-5-9-21(11-12)15(17(19)20)10-14(18)13-7-2-3-8-16(13)22/h10-11,13-14,16H,2-9H2,1H3,(H,22,23);2-5,7-8,10,12,22H,6,9,11,18-20H2,1H3/b;14-10-. The van der Waals surface area contributed by atoms with Gasteiger partial charge in [0, 0.05) is 42.8 Å². The van der Waals surface area contributed by atoms with E-state index in [0.29, 0.717) is 40.3 Å². The van der Waals surface area contributed by atoms with Crippen LogP contribution in [0.2, 0.25) is 0 Å². The van der Waals surface area contributed by atoms with Crippen LogP contribution in [0.5, 0.6) is 5.75 Å². The van der Waals surface area contributed by atoms with Gasteiger partial charge in [-0.25, -0.2) is 9.97 Å². The quantitative estimate of drug-likeness (QED) is 0.234. The van der Waals surface area contributed by atoms with Crippen molar-refractivity contribution >= 4 is 11.7 Å². The van der Waals surface area contributed by atoms with Crippen molar-refractivity contribution in [3.05, 3.63) is 83.4 Å². The van der Waals surface area contributed by atoms with Gasteiger partial charge in [0.25, 0.3) is 0 Å². The van der Waals surface area contributed by atoms with E-state index in [-0.39, 0.29) is 17.5 Å². The maximum Gasteiger partial charge on any atom is 0.306 e. The number of allylic oxidation sites excluding steroid dienone is 2. The normalized spacial score (nSPS) is 27.0. The number of aromatic hydroxyl groups is 1. The number of rotatable bonds is 6. The third-order valence-electron chi connectivity index (χ3n) is 10.1. The van der Waals surface area contributed by atoms with Gasteiger partial charge in [0.05, 0.1) is 11.6 Å². The third-order valence-corrected chi connectivity index (χ3v) is 10.1. The molecule has 3 heterocycles. The van der Waals surface area contributed by atoms with Crippen LogP contribution in [-0.4, -0.2) is 68.2 Å². The highest BCUT2D eigenvalue weighted by Gasteiger charge is 2.56. The number of para-hydroxylation sites is 1. The lowest BCUT2D eigenvalue weighted by Gasteiger charge is -2.59. The van der Waals surface area contributed by atoms with E-state index >= 15 is 0 Å². The molecule has 0 radical (unpaired) electrons. The van der Waals surface area contributed by atoms with Crippen LogP contribution < -0.4 is 17.2 Å². The van der Waals surface area contributed by atoms with Gasteiger partial charge in [0.1, 0.15) is 17.4 Å². The molecule has 1 unspecified atom stereocenters. The monoisotopic (exact) mass is 615 g/mol. The molecule has 1 spiro atoms. The van der Waals surface area contributed by atoms with Gasteiger partial charge >= 0.3 is 5.97 Å². The molecule has 1 aromatic carbocycles. The Bertz CT molecular complexity index is 1410. The smallest absolute Gasteiger partial charge is 0.306 e. The fraction of sp³-hybridized carbons (Fsp3) is 0.514. The van der Waals surface area contributed by atoms with Crippen molar-refractivity contribution in [3.63, 3.8) is 0 Å². The molecule has 2 saturated carbocycles. The molecule has 3 fully saturated rings. The molecule has 1 saturated heterocycles. The number of carboxylic acid groups (broad SMARTS) is 1. The Morgan fingerprint density at radius 2 is 1.69 bits per heavy atom. The number of carboxylic acids is 1. The molecule has 0 amide bonds. The number of benzene rings is 1. The summed E-state index contributed by atoms with van der Waals surface area (Å²) in [5.74, 6) is 1.64. The van der Waals surface area contributed by atoms with Gasteiger partial charge in [0.2, 0.25) is 0 Å². The lowest BCUT2D eigenvalue weighted by atomic mass is 9.49. The van der Waals surface area contributed by atoms with E-state index in [0.717, 1.165) is 51.3 Å². The Kier molecular flexibility index (Phi) is 10.0. The van der Waals surface area contributed by atoms with E-state index in [9.17, 15) is 9.90 Å². The van der Waals surface area contributed by atoms with E-state index in [1.807, 2.05) is 25.4 Å². The third kappa shape index (κ3) is 7.79. The molecule has 2 aliphatic heterocycles. The molecule has 1 aromatic heterocycles. The number of aryl methyl sites for hydroxylation is 1. The molecule has 45 heavy (non-hydrogen) atoms. The van der Waals surface area contributed by atoms with Crippen molar-refractivity contribution < 1.29 is 15.0 Å². The molecule has 8 N–H and O–H groups in total. The van der Waals surface area contributed by atoms with Crippen LogP contribution in [0.4, 0.5) is 0 Å². The van der Waals surface area contributed by atoms with Gasteiger partial charge in [-0.3, -0.25) is 4.79 Å². The van der Waals surface area contributed by atoms with Gasteiger partial charge in [0.15, 0.2) is 0 Å². The molecule has 10 nitrogen and oxygen atoms in total. The highest BCUT2D eigenvalue weighted by atomic mass is 16.4. The number of phenols is 1. The topological polar surface area (TPSA) is 168 Å². The van der Waals surface area contributed by atoms with Crippen LogP contribution >= 0.6 is 0 Å². The minimum Gasteiger partial charge on any atom is -0.507 e. The van der Waals surface area contributed by atoms with E-state index in [1.54, 1.807) is 24.3 Å². The van der Waals surface area contributed by atoms with Gasteiger partial charge in [-0.2, -0.15) is 0 Å².